The third-order valence-corrected chi connectivity index (χ3v) is 4.15. The molecule has 0 bridgehead atoms. The van der Waals surface area contributed by atoms with Gasteiger partial charge in [-0.1, -0.05) is 0 Å². The van der Waals surface area contributed by atoms with Gasteiger partial charge in [0, 0.05) is 30.5 Å². The number of pyridine rings is 1. The standard InChI is InChI=1S/C17H18N4/c1-2-10-21(11-3-1)14-6-4-13(5-7-14)17-19-15-8-9-18-12-16(15)20-17/h4-9,12H,1-3,10-11H2,(H,19,20). The monoisotopic (exact) mass is 278 g/mol. The lowest BCUT2D eigenvalue weighted by Gasteiger charge is -2.28. The molecule has 1 aromatic carbocycles. The van der Waals surface area contributed by atoms with E-state index >= 15 is 0 Å². The molecule has 1 saturated heterocycles. The Morgan fingerprint density at radius 2 is 1.76 bits per heavy atom. The van der Waals surface area contributed by atoms with Gasteiger partial charge >= 0.3 is 0 Å². The predicted octanol–water partition coefficient (Wildman–Crippen LogP) is 3.62. The van der Waals surface area contributed by atoms with Crippen LogP contribution in [0, 0.1) is 0 Å². The van der Waals surface area contributed by atoms with Crippen molar-refractivity contribution >= 4 is 16.7 Å². The van der Waals surface area contributed by atoms with Gasteiger partial charge in [-0.15, -0.1) is 0 Å². The molecule has 0 saturated carbocycles. The number of benzene rings is 1. The molecule has 0 spiro atoms. The second-order valence-electron chi connectivity index (χ2n) is 5.57. The molecule has 0 aliphatic carbocycles. The van der Waals surface area contributed by atoms with Crippen LogP contribution < -0.4 is 4.90 Å². The van der Waals surface area contributed by atoms with Gasteiger partial charge in [0.1, 0.15) is 5.82 Å². The molecule has 1 aliphatic heterocycles. The summed E-state index contributed by atoms with van der Waals surface area (Å²) in [6, 6.07) is 10.6. The van der Waals surface area contributed by atoms with Crippen molar-refractivity contribution in [1.29, 1.82) is 0 Å². The van der Waals surface area contributed by atoms with Gasteiger partial charge in [0.15, 0.2) is 0 Å². The number of anilines is 1. The van der Waals surface area contributed by atoms with Crippen LogP contribution in [0.3, 0.4) is 0 Å². The van der Waals surface area contributed by atoms with Gasteiger partial charge in [0.2, 0.25) is 0 Å². The number of hydrogen-bond acceptors (Lipinski definition) is 3. The maximum Gasteiger partial charge on any atom is 0.138 e. The first-order valence-electron chi connectivity index (χ1n) is 7.55. The summed E-state index contributed by atoms with van der Waals surface area (Å²) in [5.74, 6) is 0.906. The smallest absolute Gasteiger partial charge is 0.138 e. The SMILES string of the molecule is c1cc2nc(-c3ccc(N4CCCCC4)cc3)[nH]c2cn1. The Balaban J connectivity index is 1.63. The van der Waals surface area contributed by atoms with Crippen LogP contribution in [0.2, 0.25) is 0 Å². The van der Waals surface area contributed by atoms with Gasteiger partial charge in [-0.25, -0.2) is 4.98 Å². The number of imidazole rings is 1. The molecule has 3 heterocycles. The summed E-state index contributed by atoms with van der Waals surface area (Å²) in [5, 5.41) is 0. The second-order valence-corrected chi connectivity index (χ2v) is 5.57. The van der Waals surface area contributed by atoms with Crippen LogP contribution in [0.25, 0.3) is 22.4 Å². The summed E-state index contributed by atoms with van der Waals surface area (Å²) in [7, 11) is 0. The van der Waals surface area contributed by atoms with E-state index in [1.54, 1.807) is 6.20 Å². The zero-order chi connectivity index (χ0) is 14.1. The molecule has 2 aromatic heterocycles. The van der Waals surface area contributed by atoms with E-state index < -0.39 is 0 Å². The second kappa shape index (κ2) is 5.20. The minimum atomic E-state index is 0.906. The molecule has 4 rings (SSSR count). The molecule has 106 valence electrons. The van der Waals surface area contributed by atoms with Crippen molar-refractivity contribution in [3.63, 3.8) is 0 Å². The van der Waals surface area contributed by atoms with Crippen molar-refractivity contribution in [2.45, 2.75) is 19.3 Å². The molecule has 1 fully saturated rings. The Hall–Kier alpha value is -2.36. The minimum Gasteiger partial charge on any atom is -0.372 e. The quantitative estimate of drug-likeness (QED) is 0.778. The fourth-order valence-electron chi connectivity index (χ4n) is 2.98. The topological polar surface area (TPSA) is 44.8 Å². The molecule has 0 unspecified atom stereocenters. The number of H-pyrrole nitrogens is 1. The number of nitrogens with zero attached hydrogens (tertiary/aromatic N) is 3. The highest BCUT2D eigenvalue weighted by Crippen LogP contribution is 2.25. The molecule has 4 heteroatoms. The van der Waals surface area contributed by atoms with Crippen molar-refractivity contribution < 1.29 is 0 Å². The summed E-state index contributed by atoms with van der Waals surface area (Å²) >= 11 is 0. The highest BCUT2D eigenvalue weighted by atomic mass is 15.1. The lowest BCUT2D eigenvalue weighted by molar-refractivity contribution is 0.578. The first-order chi connectivity index (χ1) is 10.4. The maximum atomic E-state index is 4.62. The molecule has 1 aliphatic rings. The van der Waals surface area contributed by atoms with Gasteiger partial charge in [-0.05, 0) is 49.6 Å². The number of aromatic nitrogens is 3. The van der Waals surface area contributed by atoms with E-state index in [0.717, 1.165) is 22.4 Å². The van der Waals surface area contributed by atoms with Gasteiger partial charge < -0.3 is 9.88 Å². The van der Waals surface area contributed by atoms with Crippen molar-refractivity contribution in [2.75, 3.05) is 18.0 Å². The van der Waals surface area contributed by atoms with E-state index in [4.69, 9.17) is 0 Å². The van der Waals surface area contributed by atoms with E-state index in [1.807, 2.05) is 12.3 Å². The molecule has 1 N–H and O–H groups in total. The summed E-state index contributed by atoms with van der Waals surface area (Å²) in [6.07, 6.45) is 7.55. The normalized spacial score (nSPS) is 15.5. The van der Waals surface area contributed by atoms with Gasteiger partial charge in [-0.2, -0.15) is 0 Å². The van der Waals surface area contributed by atoms with Crippen LogP contribution in [0.4, 0.5) is 5.69 Å². The van der Waals surface area contributed by atoms with E-state index in [0.29, 0.717) is 0 Å². The maximum absolute atomic E-state index is 4.62. The zero-order valence-electron chi connectivity index (χ0n) is 11.9. The average Bonchev–Trinajstić information content (AvgIpc) is 3.00. The Bertz CT molecular complexity index is 706. The van der Waals surface area contributed by atoms with Crippen molar-refractivity contribution in [3.05, 3.63) is 42.7 Å². The predicted molar refractivity (Wildman–Crippen MR) is 85.4 cm³/mol. The largest absolute Gasteiger partial charge is 0.372 e. The summed E-state index contributed by atoms with van der Waals surface area (Å²) in [5.41, 5.74) is 4.37. The Morgan fingerprint density at radius 3 is 2.52 bits per heavy atom. The van der Waals surface area contributed by atoms with E-state index in [-0.39, 0.29) is 0 Å². The first kappa shape index (κ1) is 12.4. The lowest BCUT2D eigenvalue weighted by atomic mass is 10.1. The highest BCUT2D eigenvalue weighted by Gasteiger charge is 2.11. The molecular weight excluding hydrogens is 260 g/mol. The number of fused-ring (bicyclic) bond motifs is 1. The van der Waals surface area contributed by atoms with E-state index in [2.05, 4.69) is 44.1 Å². The van der Waals surface area contributed by atoms with Crippen molar-refractivity contribution in [2.24, 2.45) is 0 Å². The molecule has 3 aromatic rings. The van der Waals surface area contributed by atoms with Crippen molar-refractivity contribution in [1.82, 2.24) is 15.0 Å². The average molecular weight is 278 g/mol. The van der Waals surface area contributed by atoms with Gasteiger partial charge in [-0.3, -0.25) is 4.98 Å². The van der Waals surface area contributed by atoms with Crippen LogP contribution in [-0.4, -0.2) is 28.0 Å². The third kappa shape index (κ3) is 2.37. The first-order valence-corrected chi connectivity index (χ1v) is 7.55. The Morgan fingerprint density at radius 1 is 0.952 bits per heavy atom. The van der Waals surface area contributed by atoms with Crippen molar-refractivity contribution in [3.8, 4) is 11.4 Å². The minimum absolute atomic E-state index is 0.906. The number of nitrogens with one attached hydrogen (secondary N) is 1. The number of rotatable bonds is 2. The molecule has 4 nitrogen and oxygen atoms in total. The fraction of sp³-hybridized carbons (Fsp3) is 0.294. The van der Waals surface area contributed by atoms with E-state index in [9.17, 15) is 0 Å². The number of aromatic amines is 1. The summed E-state index contributed by atoms with van der Waals surface area (Å²) in [4.78, 5) is 14.5. The van der Waals surface area contributed by atoms with Gasteiger partial charge in [0.05, 0.1) is 17.2 Å². The molecular formula is C17H18N4. The lowest BCUT2D eigenvalue weighted by Crippen LogP contribution is -2.29. The van der Waals surface area contributed by atoms with Crippen LogP contribution in [0.5, 0.6) is 0 Å². The number of hydrogen-bond donors (Lipinski definition) is 1. The molecule has 21 heavy (non-hydrogen) atoms. The van der Waals surface area contributed by atoms with Crippen LogP contribution in [0.15, 0.2) is 42.7 Å². The van der Waals surface area contributed by atoms with Crippen LogP contribution in [-0.2, 0) is 0 Å². The summed E-state index contributed by atoms with van der Waals surface area (Å²) in [6.45, 7) is 2.35. The van der Waals surface area contributed by atoms with E-state index in [1.165, 1.54) is 38.0 Å². The zero-order valence-corrected chi connectivity index (χ0v) is 11.9. The molecule has 0 atom stereocenters. The molecule has 0 radical (unpaired) electrons. The summed E-state index contributed by atoms with van der Waals surface area (Å²) < 4.78 is 0. The Kier molecular flexibility index (Phi) is 3.07. The molecule has 0 amide bonds. The highest BCUT2D eigenvalue weighted by molar-refractivity contribution is 5.78. The fourth-order valence-corrected chi connectivity index (χ4v) is 2.98. The Labute approximate surface area is 123 Å². The number of piperidine rings is 1. The van der Waals surface area contributed by atoms with Gasteiger partial charge in [0.25, 0.3) is 0 Å². The third-order valence-electron chi connectivity index (χ3n) is 4.15. The van der Waals surface area contributed by atoms with Crippen LogP contribution >= 0.6 is 0 Å². The van der Waals surface area contributed by atoms with Crippen LogP contribution in [0.1, 0.15) is 19.3 Å².